The molecule has 0 radical (unpaired) electrons. The molecule has 98 valence electrons. The van der Waals surface area contributed by atoms with E-state index in [-0.39, 0.29) is 11.3 Å². The molecule has 2 rings (SSSR count). The third-order valence-corrected chi connectivity index (χ3v) is 4.00. The standard InChI is InChI=1S/C10H12N2O4S2/c1-18(15,16)6-2-3-7-8(4-6)12-10(17,11-7)5-9(13)14/h2-4,11-12,17H,5H2,1H3,(H,13,14). The average molecular weight is 288 g/mol. The van der Waals surface area contributed by atoms with Crippen molar-refractivity contribution in [3.05, 3.63) is 18.2 Å². The summed E-state index contributed by atoms with van der Waals surface area (Å²) in [7, 11) is -3.29. The van der Waals surface area contributed by atoms with E-state index in [1.54, 1.807) is 6.07 Å². The summed E-state index contributed by atoms with van der Waals surface area (Å²) >= 11 is 4.22. The van der Waals surface area contributed by atoms with Crippen LogP contribution >= 0.6 is 12.6 Å². The van der Waals surface area contributed by atoms with Crippen molar-refractivity contribution in [2.75, 3.05) is 16.9 Å². The van der Waals surface area contributed by atoms with Crippen molar-refractivity contribution in [1.82, 2.24) is 0 Å². The molecule has 1 unspecified atom stereocenters. The lowest BCUT2D eigenvalue weighted by Crippen LogP contribution is -2.37. The van der Waals surface area contributed by atoms with Gasteiger partial charge in [0, 0.05) is 6.26 Å². The predicted molar refractivity (Wildman–Crippen MR) is 70.8 cm³/mol. The number of aliphatic carboxylic acids is 1. The number of thiol groups is 1. The molecule has 8 heteroatoms. The zero-order valence-corrected chi connectivity index (χ0v) is 11.2. The van der Waals surface area contributed by atoms with E-state index in [0.29, 0.717) is 11.4 Å². The first-order valence-corrected chi connectivity index (χ1v) is 7.38. The van der Waals surface area contributed by atoms with Gasteiger partial charge >= 0.3 is 5.97 Å². The quantitative estimate of drug-likeness (QED) is 0.619. The number of carbonyl (C=O) groups is 1. The lowest BCUT2D eigenvalue weighted by Gasteiger charge is -2.22. The van der Waals surface area contributed by atoms with Crippen molar-refractivity contribution < 1.29 is 18.3 Å². The van der Waals surface area contributed by atoms with E-state index in [0.717, 1.165) is 6.26 Å². The zero-order chi connectivity index (χ0) is 13.6. The molecule has 1 atom stereocenters. The van der Waals surface area contributed by atoms with Crippen molar-refractivity contribution in [2.24, 2.45) is 0 Å². The minimum Gasteiger partial charge on any atom is -0.481 e. The number of hydrogen-bond acceptors (Lipinski definition) is 6. The molecule has 1 aromatic rings. The second-order valence-corrected chi connectivity index (χ2v) is 6.94. The van der Waals surface area contributed by atoms with E-state index in [2.05, 4.69) is 23.3 Å². The fraction of sp³-hybridized carbons (Fsp3) is 0.300. The maximum absolute atomic E-state index is 11.4. The summed E-state index contributed by atoms with van der Waals surface area (Å²) in [5.41, 5.74) is 1.15. The van der Waals surface area contributed by atoms with Crippen molar-refractivity contribution in [2.45, 2.75) is 16.3 Å². The smallest absolute Gasteiger partial charge is 0.308 e. The Morgan fingerprint density at radius 2 is 2.00 bits per heavy atom. The number of rotatable bonds is 3. The first kappa shape index (κ1) is 13.0. The van der Waals surface area contributed by atoms with Crippen LogP contribution in [0.1, 0.15) is 6.42 Å². The Hall–Kier alpha value is -1.41. The molecule has 0 aliphatic carbocycles. The Morgan fingerprint density at radius 3 is 2.56 bits per heavy atom. The Kier molecular flexibility index (Phi) is 2.94. The van der Waals surface area contributed by atoms with Gasteiger partial charge in [-0.15, -0.1) is 12.6 Å². The van der Waals surface area contributed by atoms with Gasteiger partial charge in [-0.05, 0) is 18.2 Å². The zero-order valence-electron chi connectivity index (χ0n) is 9.47. The molecule has 3 N–H and O–H groups in total. The van der Waals surface area contributed by atoms with Gasteiger partial charge in [-0.1, -0.05) is 0 Å². The number of nitrogens with one attached hydrogen (secondary N) is 2. The Balaban J connectivity index is 2.34. The number of anilines is 2. The monoisotopic (exact) mass is 288 g/mol. The first-order valence-electron chi connectivity index (χ1n) is 5.04. The number of hydrogen-bond donors (Lipinski definition) is 4. The largest absolute Gasteiger partial charge is 0.481 e. The summed E-state index contributed by atoms with van der Waals surface area (Å²) in [5.74, 6) is -1.01. The van der Waals surface area contributed by atoms with Crippen LogP contribution in [-0.4, -0.2) is 30.7 Å². The SMILES string of the molecule is CS(=O)(=O)c1ccc2c(c1)NC(S)(CC(=O)O)N2. The highest BCUT2D eigenvalue weighted by molar-refractivity contribution is 7.90. The molecule has 6 nitrogen and oxygen atoms in total. The molecule has 1 aliphatic heterocycles. The van der Waals surface area contributed by atoms with Crippen molar-refractivity contribution in [3.8, 4) is 0 Å². The minimum atomic E-state index is -3.29. The molecule has 0 bridgehead atoms. The molecule has 0 spiro atoms. The van der Waals surface area contributed by atoms with Gasteiger partial charge < -0.3 is 15.7 Å². The molecule has 1 aliphatic rings. The number of fused-ring (bicyclic) bond motifs is 1. The molecule has 0 saturated heterocycles. The van der Waals surface area contributed by atoms with Crippen LogP contribution in [0.3, 0.4) is 0 Å². The topological polar surface area (TPSA) is 95.5 Å². The molecular weight excluding hydrogens is 276 g/mol. The summed E-state index contributed by atoms with van der Waals surface area (Å²) in [4.78, 5) is 9.78. The van der Waals surface area contributed by atoms with Crippen LogP contribution in [-0.2, 0) is 14.6 Å². The summed E-state index contributed by atoms with van der Waals surface area (Å²) in [6.07, 6.45) is 0.862. The highest BCUT2D eigenvalue weighted by atomic mass is 32.2. The normalized spacial score (nSPS) is 21.9. The minimum absolute atomic E-state index is 0.170. The molecule has 0 fully saturated rings. The van der Waals surface area contributed by atoms with Crippen molar-refractivity contribution in [3.63, 3.8) is 0 Å². The Labute approximate surface area is 110 Å². The molecule has 1 heterocycles. The molecule has 0 amide bonds. The Morgan fingerprint density at radius 1 is 1.39 bits per heavy atom. The predicted octanol–water partition coefficient (Wildman–Crippen LogP) is 0.986. The number of carboxylic acids is 1. The number of sulfone groups is 1. The van der Waals surface area contributed by atoms with E-state index in [9.17, 15) is 13.2 Å². The average Bonchev–Trinajstić information content (AvgIpc) is 2.48. The van der Waals surface area contributed by atoms with Crippen LogP contribution < -0.4 is 10.6 Å². The summed E-state index contributed by atoms with van der Waals surface area (Å²) in [6.45, 7) is 0. The van der Waals surface area contributed by atoms with E-state index < -0.39 is 20.8 Å². The molecule has 0 saturated carbocycles. The maximum Gasteiger partial charge on any atom is 0.308 e. The van der Waals surface area contributed by atoms with E-state index in [1.807, 2.05) is 0 Å². The van der Waals surface area contributed by atoms with Gasteiger partial charge in [0.2, 0.25) is 0 Å². The van der Waals surface area contributed by atoms with Gasteiger partial charge in [0.05, 0.1) is 22.7 Å². The fourth-order valence-electron chi connectivity index (χ4n) is 1.75. The highest BCUT2D eigenvalue weighted by Crippen LogP contribution is 2.38. The second kappa shape index (κ2) is 4.06. The van der Waals surface area contributed by atoms with Gasteiger partial charge in [0.15, 0.2) is 14.8 Å². The van der Waals surface area contributed by atoms with Gasteiger partial charge in [-0.2, -0.15) is 0 Å². The number of benzene rings is 1. The van der Waals surface area contributed by atoms with Crippen LogP contribution in [0.25, 0.3) is 0 Å². The third-order valence-electron chi connectivity index (χ3n) is 2.51. The Bertz CT molecular complexity index is 614. The maximum atomic E-state index is 11.4. The molecular formula is C10H12N2O4S2. The lowest BCUT2D eigenvalue weighted by atomic mass is 10.3. The van der Waals surface area contributed by atoms with Gasteiger partial charge in [-0.25, -0.2) is 8.42 Å². The van der Waals surface area contributed by atoms with Gasteiger partial charge in [0.25, 0.3) is 0 Å². The fourth-order valence-corrected chi connectivity index (χ4v) is 2.77. The van der Waals surface area contributed by atoms with Crippen molar-refractivity contribution in [1.29, 1.82) is 0 Å². The first-order chi connectivity index (χ1) is 8.20. The second-order valence-electron chi connectivity index (χ2n) is 4.16. The van der Waals surface area contributed by atoms with Gasteiger partial charge in [-0.3, -0.25) is 4.79 Å². The van der Waals surface area contributed by atoms with Crippen LogP contribution in [0.2, 0.25) is 0 Å². The number of carboxylic acid groups (broad SMARTS) is 1. The summed E-state index contributed by atoms with van der Waals surface area (Å²) < 4.78 is 22.8. The van der Waals surface area contributed by atoms with Crippen LogP contribution in [0.4, 0.5) is 11.4 Å². The molecule has 18 heavy (non-hydrogen) atoms. The summed E-state index contributed by atoms with van der Waals surface area (Å²) in [6, 6.07) is 4.50. The van der Waals surface area contributed by atoms with E-state index in [1.165, 1.54) is 12.1 Å². The summed E-state index contributed by atoms with van der Waals surface area (Å²) in [5, 5.41) is 14.5. The molecule has 0 aromatic heterocycles. The van der Waals surface area contributed by atoms with Crippen LogP contribution in [0.5, 0.6) is 0 Å². The van der Waals surface area contributed by atoms with Crippen molar-refractivity contribution >= 4 is 39.8 Å². The van der Waals surface area contributed by atoms with Crippen LogP contribution in [0.15, 0.2) is 23.1 Å². The highest BCUT2D eigenvalue weighted by Gasteiger charge is 2.35. The van der Waals surface area contributed by atoms with E-state index in [4.69, 9.17) is 5.11 Å². The van der Waals surface area contributed by atoms with E-state index >= 15 is 0 Å². The third kappa shape index (κ3) is 2.54. The van der Waals surface area contributed by atoms with Gasteiger partial charge in [0.1, 0.15) is 0 Å². The molecule has 1 aromatic carbocycles. The lowest BCUT2D eigenvalue weighted by molar-refractivity contribution is -0.137. The van der Waals surface area contributed by atoms with Crippen LogP contribution in [0, 0.1) is 0 Å².